The normalized spacial score (nSPS) is 12.6. The van der Waals surface area contributed by atoms with E-state index in [0.29, 0.717) is 12.2 Å². The summed E-state index contributed by atoms with van der Waals surface area (Å²) < 4.78 is 4.95. The number of alkyl halides is 1. The third-order valence-corrected chi connectivity index (χ3v) is 1.35. The van der Waals surface area contributed by atoms with Crippen molar-refractivity contribution >= 4 is 17.6 Å². The van der Waals surface area contributed by atoms with Crippen LogP contribution in [-0.2, 0) is 9.53 Å². The molecule has 0 saturated carbocycles. The second-order valence-corrected chi connectivity index (χ2v) is 3.21. The van der Waals surface area contributed by atoms with Gasteiger partial charge in [0.25, 0.3) is 0 Å². The first-order valence-corrected chi connectivity index (χ1v) is 4.68. The molecule has 14 heavy (non-hydrogen) atoms. The Morgan fingerprint density at radius 3 is 2.79 bits per heavy atom. The summed E-state index contributed by atoms with van der Waals surface area (Å²) in [4.78, 5) is 10.2. The predicted molar refractivity (Wildman–Crippen MR) is 55.1 cm³/mol. The third kappa shape index (κ3) is 7.51. The van der Waals surface area contributed by atoms with E-state index < -0.39 is 5.97 Å². The van der Waals surface area contributed by atoms with Crippen molar-refractivity contribution in [2.45, 2.75) is 25.6 Å². The van der Waals surface area contributed by atoms with Crippen LogP contribution in [0, 0.1) is 11.8 Å². The summed E-state index contributed by atoms with van der Waals surface area (Å²) in [5, 5.41) is 8.14. The first kappa shape index (κ1) is 12.9. The molecule has 0 aliphatic heterocycles. The van der Waals surface area contributed by atoms with Crippen molar-refractivity contribution in [1.29, 1.82) is 0 Å². The summed E-state index contributed by atoms with van der Waals surface area (Å²) in [5.74, 6) is 4.96. The molecular weight excluding hydrogens is 204 g/mol. The van der Waals surface area contributed by atoms with Gasteiger partial charge >= 0.3 is 5.97 Å². The number of hydrogen-bond donors (Lipinski definition) is 1. The van der Waals surface area contributed by atoms with E-state index in [1.807, 2.05) is 6.92 Å². The predicted octanol–water partition coefficient (Wildman–Crippen LogP) is 2.01. The van der Waals surface area contributed by atoms with Crippen molar-refractivity contribution in [2.24, 2.45) is 0 Å². The van der Waals surface area contributed by atoms with Gasteiger partial charge in [0.15, 0.2) is 6.61 Å². The molecule has 0 rings (SSSR count). The minimum Gasteiger partial charge on any atom is -0.486 e. The summed E-state index contributed by atoms with van der Waals surface area (Å²) in [5.41, 5.74) is 0. The minimum absolute atomic E-state index is 0.219. The van der Waals surface area contributed by atoms with E-state index in [1.165, 1.54) is 0 Å². The lowest BCUT2D eigenvalue weighted by Gasteiger charge is -2.03. The van der Waals surface area contributed by atoms with E-state index in [2.05, 4.69) is 11.8 Å². The number of hydrogen-bond acceptors (Lipinski definition) is 2. The van der Waals surface area contributed by atoms with E-state index in [1.54, 1.807) is 13.0 Å². The maximum atomic E-state index is 10.2. The molecule has 1 atom stereocenters. The molecule has 0 aliphatic carbocycles. The van der Waals surface area contributed by atoms with Gasteiger partial charge in [-0.2, -0.15) is 0 Å². The van der Waals surface area contributed by atoms with Gasteiger partial charge in [-0.1, -0.05) is 18.8 Å². The van der Waals surface area contributed by atoms with Crippen LogP contribution >= 0.6 is 11.6 Å². The Bertz CT molecular complexity index is 271. The van der Waals surface area contributed by atoms with Gasteiger partial charge in [0.05, 0.1) is 5.38 Å². The van der Waals surface area contributed by atoms with Crippen molar-refractivity contribution in [3.05, 3.63) is 11.8 Å². The van der Waals surface area contributed by atoms with Crippen LogP contribution in [0.3, 0.4) is 0 Å². The average molecular weight is 217 g/mol. The van der Waals surface area contributed by atoms with E-state index >= 15 is 0 Å². The van der Waals surface area contributed by atoms with Gasteiger partial charge in [0.2, 0.25) is 0 Å². The average Bonchev–Trinajstić information content (AvgIpc) is 2.10. The summed E-state index contributed by atoms with van der Waals surface area (Å²) in [6.45, 7) is 3.28. The number of ether oxygens (including phenoxy) is 1. The van der Waals surface area contributed by atoms with Crippen LogP contribution in [0.4, 0.5) is 0 Å². The molecule has 0 aliphatic rings. The largest absolute Gasteiger partial charge is 0.486 e. The van der Waals surface area contributed by atoms with Crippen LogP contribution in [0.15, 0.2) is 11.8 Å². The van der Waals surface area contributed by atoms with E-state index in [0.717, 1.165) is 0 Å². The molecule has 0 aromatic carbocycles. The standard InChI is InChI=1S/C10H13ClO3/c1-3-9(14-7-10(12)13)6-4-5-8(2)11/h6,8H,3,7H2,1-2H3,(H,12,13)/b9-6+. The van der Waals surface area contributed by atoms with E-state index in [4.69, 9.17) is 21.4 Å². The Morgan fingerprint density at radius 2 is 2.36 bits per heavy atom. The fourth-order valence-electron chi connectivity index (χ4n) is 0.637. The Morgan fingerprint density at radius 1 is 1.71 bits per heavy atom. The zero-order valence-corrected chi connectivity index (χ0v) is 8.97. The van der Waals surface area contributed by atoms with Crippen molar-refractivity contribution in [3.8, 4) is 11.8 Å². The molecule has 0 aromatic rings. The molecule has 0 amide bonds. The zero-order valence-electron chi connectivity index (χ0n) is 8.21. The Hall–Kier alpha value is -1.14. The fraction of sp³-hybridized carbons (Fsp3) is 0.500. The lowest BCUT2D eigenvalue weighted by molar-refractivity contribution is -0.140. The van der Waals surface area contributed by atoms with Gasteiger partial charge in [-0.25, -0.2) is 4.79 Å². The first-order valence-electron chi connectivity index (χ1n) is 4.25. The molecule has 1 N–H and O–H groups in total. The number of carboxylic acid groups (broad SMARTS) is 1. The van der Waals surface area contributed by atoms with Gasteiger partial charge in [-0.3, -0.25) is 0 Å². The summed E-state index contributed by atoms with van der Waals surface area (Å²) >= 11 is 5.59. The van der Waals surface area contributed by atoms with Gasteiger partial charge < -0.3 is 9.84 Å². The molecule has 0 spiro atoms. The number of carbonyl (C=O) groups is 1. The van der Waals surface area contributed by atoms with Crippen LogP contribution < -0.4 is 0 Å². The second kappa shape index (κ2) is 7.28. The number of allylic oxidation sites excluding steroid dienone is 2. The van der Waals surface area contributed by atoms with Gasteiger partial charge in [0.1, 0.15) is 5.76 Å². The Balaban J connectivity index is 4.14. The number of aliphatic carboxylic acids is 1. The number of rotatable bonds is 4. The second-order valence-electron chi connectivity index (χ2n) is 2.55. The smallest absolute Gasteiger partial charge is 0.341 e. The zero-order chi connectivity index (χ0) is 11.0. The number of halogens is 1. The SMILES string of the molecule is CC/C(=C\C#CC(C)Cl)OCC(=O)O. The van der Waals surface area contributed by atoms with Crippen LogP contribution in [0.25, 0.3) is 0 Å². The van der Waals surface area contributed by atoms with Gasteiger partial charge in [-0.15, -0.1) is 11.6 Å². The van der Waals surface area contributed by atoms with Crippen molar-refractivity contribution in [3.63, 3.8) is 0 Å². The van der Waals surface area contributed by atoms with Crippen LogP contribution in [-0.4, -0.2) is 23.1 Å². The lowest BCUT2D eigenvalue weighted by atomic mass is 10.3. The van der Waals surface area contributed by atoms with Crippen LogP contribution in [0.5, 0.6) is 0 Å². The highest BCUT2D eigenvalue weighted by molar-refractivity contribution is 6.22. The lowest BCUT2D eigenvalue weighted by Crippen LogP contribution is -2.06. The topological polar surface area (TPSA) is 46.5 Å². The summed E-state index contributed by atoms with van der Waals surface area (Å²) in [6, 6.07) is 0. The van der Waals surface area contributed by atoms with Crippen molar-refractivity contribution < 1.29 is 14.6 Å². The highest BCUT2D eigenvalue weighted by Crippen LogP contribution is 2.01. The maximum Gasteiger partial charge on any atom is 0.341 e. The summed E-state index contributed by atoms with van der Waals surface area (Å²) in [6.07, 6.45) is 2.15. The number of carboxylic acids is 1. The van der Waals surface area contributed by atoms with Gasteiger partial charge in [0, 0.05) is 12.5 Å². The van der Waals surface area contributed by atoms with E-state index in [-0.39, 0.29) is 12.0 Å². The Kier molecular flexibility index (Phi) is 6.69. The highest BCUT2D eigenvalue weighted by atomic mass is 35.5. The molecule has 78 valence electrons. The molecule has 0 saturated heterocycles. The molecule has 0 radical (unpaired) electrons. The molecule has 0 heterocycles. The summed E-state index contributed by atoms with van der Waals surface area (Å²) in [7, 11) is 0. The van der Waals surface area contributed by atoms with Crippen molar-refractivity contribution in [2.75, 3.05) is 6.61 Å². The molecule has 0 fully saturated rings. The molecule has 3 nitrogen and oxygen atoms in total. The molecular formula is C10H13ClO3. The fourth-order valence-corrected chi connectivity index (χ4v) is 0.700. The monoisotopic (exact) mass is 216 g/mol. The quantitative estimate of drug-likeness (QED) is 0.444. The molecule has 0 aromatic heterocycles. The Labute approximate surface area is 88.7 Å². The van der Waals surface area contributed by atoms with E-state index in [9.17, 15) is 4.79 Å². The van der Waals surface area contributed by atoms with Crippen LogP contribution in [0.2, 0.25) is 0 Å². The minimum atomic E-state index is -0.997. The van der Waals surface area contributed by atoms with Crippen molar-refractivity contribution in [1.82, 2.24) is 0 Å². The highest BCUT2D eigenvalue weighted by Gasteiger charge is 1.98. The molecule has 0 bridgehead atoms. The van der Waals surface area contributed by atoms with Gasteiger partial charge in [-0.05, 0) is 6.92 Å². The first-order chi connectivity index (χ1) is 6.56. The molecule has 1 unspecified atom stereocenters. The van der Waals surface area contributed by atoms with Crippen LogP contribution in [0.1, 0.15) is 20.3 Å². The third-order valence-electron chi connectivity index (χ3n) is 1.24. The maximum absolute atomic E-state index is 10.2. The molecule has 4 heteroatoms.